The Hall–Kier alpha value is -1.84. The van der Waals surface area contributed by atoms with Crippen molar-refractivity contribution >= 4 is 11.9 Å². The van der Waals surface area contributed by atoms with Crippen LogP contribution in [0.15, 0.2) is 30.3 Å². The number of hydrogen-bond donors (Lipinski definition) is 0. The first-order chi connectivity index (χ1) is 8.70. The van der Waals surface area contributed by atoms with Gasteiger partial charge in [0, 0.05) is 12.8 Å². The van der Waals surface area contributed by atoms with Gasteiger partial charge < -0.3 is 9.47 Å². The lowest BCUT2D eigenvalue weighted by Gasteiger charge is -2.29. The maximum absolute atomic E-state index is 11.7. The van der Waals surface area contributed by atoms with Crippen molar-refractivity contribution in [2.75, 3.05) is 7.11 Å². The van der Waals surface area contributed by atoms with E-state index < -0.39 is 6.10 Å². The van der Waals surface area contributed by atoms with E-state index in [4.69, 9.17) is 9.47 Å². The van der Waals surface area contributed by atoms with Gasteiger partial charge in [0.2, 0.25) is 0 Å². The molecule has 1 heterocycles. The van der Waals surface area contributed by atoms with Gasteiger partial charge in [0.05, 0.1) is 13.0 Å². The Bertz CT molecular complexity index is 427. The highest BCUT2D eigenvalue weighted by atomic mass is 16.6. The van der Waals surface area contributed by atoms with E-state index in [2.05, 4.69) is 0 Å². The van der Waals surface area contributed by atoms with Gasteiger partial charge in [-0.2, -0.15) is 0 Å². The van der Waals surface area contributed by atoms with Crippen molar-refractivity contribution in [2.24, 2.45) is 5.92 Å². The summed E-state index contributed by atoms with van der Waals surface area (Å²) in [6, 6.07) is 9.68. The van der Waals surface area contributed by atoms with Gasteiger partial charge in [-0.3, -0.25) is 9.59 Å². The van der Waals surface area contributed by atoms with E-state index in [1.165, 1.54) is 7.11 Å². The van der Waals surface area contributed by atoms with Crippen LogP contribution in [-0.4, -0.2) is 25.2 Å². The Labute approximate surface area is 106 Å². The summed E-state index contributed by atoms with van der Waals surface area (Å²) < 4.78 is 10.0. The van der Waals surface area contributed by atoms with Crippen molar-refractivity contribution < 1.29 is 19.1 Å². The largest absolute Gasteiger partial charge is 0.469 e. The van der Waals surface area contributed by atoms with Crippen LogP contribution < -0.4 is 0 Å². The maximum Gasteiger partial charge on any atom is 0.312 e. The second-order valence-electron chi connectivity index (χ2n) is 4.39. The fourth-order valence-corrected chi connectivity index (χ4v) is 2.22. The first-order valence-electron chi connectivity index (χ1n) is 6.02. The van der Waals surface area contributed by atoms with Crippen LogP contribution in [0.25, 0.3) is 0 Å². The van der Waals surface area contributed by atoms with Crippen LogP contribution in [0.1, 0.15) is 18.4 Å². The highest BCUT2D eigenvalue weighted by Gasteiger charge is 2.36. The molecule has 1 saturated heterocycles. The van der Waals surface area contributed by atoms with E-state index in [0.717, 1.165) is 5.56 Å². The molecule has 0 bridgehead atoms. The Balaban J connectivity index is 2.10. The Morgan fingerprint density at radius 3 is 2.78 bits per heavy atom. The molecule has 2 rings (SSSR count). The second kappa shape index (κ2) is 5.67. The number of hydrogen-bond acceptors (Lipinski definition) is 4. The highest BCUT2D eigenvalue weighted by molar-refractivity contribution is 5.77. The highest BCUT2D eigenvalue weighted by Crippen LogP contribution is 2.25. The van der Waals surface area contributed by atoms with Gasteiger partial charge >= 0.3 is 11.9 Å². The zero-order chi connectivity index (χ0) is 13.0. The monoisotopic (exact) mass is 248 g/mol. The molecule has 0 aromatic heterocycles. The van der Waals surface area contributed by atoms with E-state index in [1.54, 1.807) is 0 Å². The summed E-state index contributed by atoms with van der Waals surface area (Å²) in [6.45, 7) is 0. The van der Waals surface area contributed by atoms with Gasteiger partial charge in [0.15, 0.2) is 0 Å². The van der Waals surface area contributed by atoms with Crippen LogP contribution >= 0.6 is 0 Å². The summed E-state index contributed by atoms with van der Waals surface area (Å²) in [5, 5.41) is 0. The Morgan fingerprint density at radius 2 is 2.11 bits per heavy atom. The molecule has 18 heavy (non-hydrogen) atoms. The van der Waals surface area contributed by atoms with E-state index in [-0.39, 0.29) is 24.3 Å². The van der Waals surface area contributed by atoms with E-state index in [1.807, 2.05) is 30.3 Å². The van der Waals surface area contributed by atoms with Crippen molar-refractivity contribution in [1.82, 2.24) is 0 Å². The first kappa shape index (κ1) is 12.6. The van der Waals surface area contributed by atoms with Gasteiger partial charge in [-0.15, -0.1) is 0 Å². The second-order valence-corrected chi connectivity index (χ2v) is 4.39. The molecule has 96 valence electrons. The van der Waals surface area contributed by atoms with Gasteiger partial charge in [-0.25, -0.2) is 0 Å². The smallest absolute Gasteiger partial charge is 0.312 e. The summed E-state index contributed by atoms with van der Waals surface area (Å²) in [4.78, 5) is 23.0. The van der Waals surface area contributed by atoms with Gasteiger partial charge in [-0.05, 0) is 12.0 Å². The third-order valence-electron chi connectivity index (χ3n) is 3.17. The lowest BCUT2D eigenvalue weighted by atomic mass is 9.90. The molecule has 4 nitrogen and oxygen atoms in total. The molecule has 4 heteroatoms. The predicted molar refractivity (Wildman–Crippen MR) is 64.8 cm³/mol. The van der Waals surface area contributed by atoms with Crippen LogP contribution in [0.3, 0.4) is 0 Å². The lowest BCUT2D eigenvalue weighted by Crippen LogP contribution is -2.39. The van der Waals surface area contributed by atoms with Crippen LogP contribution in [0.2, 0.25) is 0 Å². The van der Waals surface area contributed by atoms with Crippen molar-refractivity contribution in [2.45, 2.75) is 25.4 Å². The topological polar surface area (TPSA) is 52.6 Å². The zero-order valence-electron chi connectivity index (χ0n) is 10.3. The molecular formula is C14H16O4. The molecule has 0 radical (unpaired) electrons. The third kappa shape index (κ3) is 2.88. The summed E-state index contributed by atoms with van der Waals surface area (Å²) in [6.07, 6.45) is 0.918. The molecule has 1 aliphatic rings. The quantitative estimate of drug-likeness (QED) is 0.764. The molecule has 1 aliphatic heterocycles. The summed E-state index contributed by atoms with van der Waals surface area (Å²) in [5.74, 6) is -0.896. The van der Waals surface area contributed by atoms with Gasteiger partial charge in [-0.1, -0.05) is 30.3 Å². The number of carbonyl (C=O) groups excluding carboxylic acids is 2. The Morgan fingerprint density at radius 1 is 1.39 bits per heavy atom. The van der Waals surface area contributed by atoms with Crippen LogP contribution in [0.4, 0.5) is 0 Å². The summed E-state index contributed by atoms with van der Waals surface area (Å²) >= 11 is 0. The predicted octanol–water partition coefficient (Wildman–Crippen LogP) is 1.72. The van der Waals surface area contributed by atoms with Crippen molar-refractivity contribution in [3.8, 4) is 0 Å². The van der Waals surface area contributed by atoms with E-state index >= 15 is 0 Å². The minimum atomic E-state index is -0.416. The zero-order valence-corrected chi connectivity index (χ0v) is 10.3. The summed E-state index contributed by atoms with van der Waals surface area (Å²) in [7, 11) is 1.36. The molecule has 0 amide bonds. The maximum atomic E-state index is 11.7. The van der Waals surface area contributed by atoms with E-state index in [9.17, 15) is 9.59 Å². The third-order valence-corrected chi connectivity index (χ3v) is 3.17. The number of rotatable bonds is 3. The Kier molecular flexibility index (Phi) is 3.97. The molecule has 0 unspecified atom stereocenters. The molecule has 0 spiro atoms. The molecule has 1 aromatic rings. The standard InChI is InChI=1S/C14H16O4/c1-17-14(16)11-7-8-13(15)18-12(11)9-10-5-3-2-4-6-10/h2-6,11-12H,7-9H2,1H3/t11-,12+/m0/s1. The fourth-order valence-electron chi connectivity index (χ4n) is 2.22. The van der Waals surface area contributed by atoms with Crippen LogP contribution in [0.5, 0.6) is 0 Å². The van der Waals surface area contributed by atoms with Gasteiger partial charge in [0.1, 0.15) is 6.10 Å². The number of benzene rings is 1. The summed E-state index contributed by atoms with van der Waals surface area (Å²) in [5.41, 5.74) is 1.05. The fraction of sp³-hybridized carbons (Fsp3) is 0.429. The van der Waals surface area contributed by atoms with Crippen molar-refractivity contribution in [3.63, 3.8) is 0 Å². The molecular weight excluding hydrogens is 232 g/mol. The molecule has 1 aromatic carbocycles. The minimum absolute atomic E-state index is 0.240. The van der Waals surface area contributed by atoms with Crippen molar-refractivity contribution in [3.05, 3.63) is 35.9 Å². The number of carbonyl (C=O) groups is 2. The molecule has 2 atom stereocenters. The number of esters is 2. The molecule has 0 aliphatic carbocycles. The SMILES string of the molecule is COC(=O)[C@H]1CCC(=O)O[C@@H]1Cc1ccccc1. The lowest BCUT2D eigenvalue weighted by molar-refractivity contribution is -0.167. The van der Waals surface area contributed by atoms with Crippen LogP contribution in [-0.2, 0) is 25.5 Å². The van der Waals surface area contributed by atoms with Crippen molar-refractivity contribution in [1.29, 1.82) is 0 Å². The number of cyclic esters (lactones) is 1. The normalized spacial score (nSPS) is 23.3. The average Bonchev–Trinajstić information content (AvgIpc) is 2.39. The number of ether oxygens (including phenoxy) is 2. The molecule has 0 N–H and O–H groups in total. The minimum Gasteiger partial charge on any atom is -0.469 e. The average molecular weight is 248 g/mol. The van der Waals surface area contributed by atoms with Crippen LogP contribution in [0, 0.1) is 5.92 Å². The molecule has 1 fully saturated rings. The first-order valence-corrected chi connectivity index (χ1v) is 6.02. The number of methoxy groups -OCH3 is 1. The van der Waals surface area contributed by atoms with Gasteiger partial charge in [0.25, 0.3) is 0 Å². The molecule has 0 saturated carbocycles. The van der Waals surface area contributed by atoms with E-state index in [0.29, 0.717) is 12.8 Å².